The fraction of sp³-hybridized carbons (Fsp3) is 0.217. The standard InChI is InChI=1S/C23H23NO2S/c1-23(2,3)18-11-9-17(10-12-18)22(26)24-15-19-13-14-20(27-19)21(25)16-7-5-4-6-8-16/h4-14H,15H2,1-3H3,(H,24,26). The van der Waals surface area contributed by atoms with Crippen LogP contribution in [0, 0.1) is 0 Å². The smallest absolute Gasteiger partial charge is 0.251 e. The van der Waals surface area contributed by atoms with Gasteiger partial charge in [-0.1, -0.05) is 63.2 Å². The van der Waals surface area contributed by atoms with E-state index < -0.39 is 0 Å². The van der Waals surface area contributed by atoms with Crippen molar-refractivity contribution in [3.8, 4) is 0 Å². The summed E-state index contributed by atoms with van der Waals surface area (Å²) in [7, 11) is 0. The van der Waals surface area contributed by atoms with E-state index in [1.807, 2.05) is 66.7 Å². The van der Waals surface area contributed by atoms with E-state index in [-0.39, 0.29) is 17.1 Å². The van der Waals surface area contributed by atoms with E-state index in [0.29, 0.717) is 22.5 Å². The van der Waals surface area contributed by atoms with E-state index in [4.69, 9.17) is 0 Å². The number of amides is 1. The quantitative estimate of drug-likeness (QED) is 0.621. The molecular weight excluding hydrogens is 354 g/mol. The Kier molecular flexibility index (Phi) is 5.57. The van der Waals surface area contributed by atoms with Crippen molar-refractivity contribution in [2.45, 2.75) is 32.7 Å². The molecule has 3 nitrogen and oxygen atoms in total. The number of benzene rings is 2. The summed E-state index contributed by atoms with van der Waals surface area (Å²) in [4.78, 5) is 26.5. The molecule has 0 atom stereocenters. The van der Waals surface area contributed by atoms with Crippen LogP contribution in [0.3, 0.4) is 0 Å². The summed E-state index contributed by atoms with van der Waals surface area (Å²) in [5.74, 6) is -0.101. The Morgan fingerprint density at radius 1 is 0.852 bits per heavy atom. The second-order valence-corrected chi connectivity index (χ2v) is 8.64. The third kappa shape index (κ3) is 4.72. The Hall–Kier alpha value is -2.72. The Morgan fingerprint density at radius 3 is 2.15 bits per heavy atom. The van der Waals surface area contributed by atoms with Gasteiger partial charge in [0.25, 0.3) is 5.91 Å². The Bertz CT molecular complexity index is 935. The summed E-state index contributed by atoms with van der Waals surface area (Å²) in [6.07, 6.45) is 0. The molecule has 3 aromatic rings. The average Bonchev–Trinajstić information content (AvgIpc) is 3.14. The van der Waals surface area contributed by atoms with Gasteiger partial charge in [-0.25, -0.2) is 0 Å². The minimum atomic E-state index is -0.111. The van der Waals surface area contributed by atoms with E-state index in [9.17, 15) is 9.59 Å². The Labute approximate surface area is 164 Å². The number of rotatable bonds is 5. The van der Waals surface area contributed by atoms with Crippen molar-refractivity contribution in [2.75, 3.05) is 0 Å². The van der Waals surface area contributed by atoms with Crippen LogP contribution < -0.4 is 5.32 Å². The molecule has 0 aliphatic rings. The lowest BCUT2D eigenvalue weighted by atomic mass is 9.87. The highest BCUT2D eigenvalue weighted by Crippen LogP contribution is 2.23. The predicted octanol–water partition coefficient (Wildman–Crippen LogP) is 5.21. The molecule has 0 radical (unpaired) electrons. The van der Waals surface area contributed by atoms with Crippen molar-refractivity contribution in [3.63, 3.8) is 0 Å². The highest BCUT2D eigenvalue weighted by Gasteiger charge is 2.15. The normalized spacial score (nSPS) is 11.2. The van der Waals surface area contributed by atoms with E-state index in [2.05, 4.69) is 26.1 Å². The minimum Gasteiger partial charge on any atom is -0.347 e. The zero-order valence-corrected chi connectivity index (χ0v) is 16.6. The monoisotopic (exact) mass is 377 g/mol. The number of nitrogens with one attached hydrogen (secondary N) is 1. The van der Waals surface area contributed by atoms with Gasteiger partial charge in [-0.3, -0.25) is 9.59 Å². The number of hydrogen-bond acceptors (Lipinski definition) is 3. The summed E-state index contributed by atoms with van der Waals surface area (Å²) in [5.41, 5.74) is 2.57. The number of carbonyl (C=O) groups excluding carboxylic acids is 2. The SMILES string of the molecule is CC(C)(C)c1ccc(C(=O)NCc2ccc(C(=O)c3ccccc3)s2)cc1. The largest absolute Gasteiger partial charge is 0.347 e. The van der Waals surface area contributed by atoms with Crippen molar-refractivity contribution in [2.24, 2.45) is 0 Å². The molecule has 0 saturated heterocycles. The molecular formula is C23H23NO2S. The van der Waals surface area contributed by atoms with E-state index in [1.54, 1.807) is 0 Å². The Morgan fingerprint density at radius 2 is 1.52 bits per heavy atom. The molecule has 27 heavy (non-hydrogen) atoms. The van der Waals surface area contributed by atoms with Crippen LogP contribution in [0.15, 0.2) is 66.7 Å². The summed E-state index contributed by atoms with van der Waals surface area (Å²) in [5, 5.41) is 2.93. The fourth-order valence-corrected chi connectivity index (χ4v) is 3.63. The van der Waals surface area contributed by atoms with Gasteiger partial charge in [0.1, 0.15) is 0 Å². The minimum absolute atomic E-state index is 0.0101. The molecule has 0 saturated carbocycles. The fourth-order valence-electron chi connectivity index (χ4n) is 2.72. The van der Waals surface area contributed by atoms with Gasteiger partial charge in [0.15, 0.2) is 0 Å². The molecule has 3 rings (SSSR count). The molecule has 1 heterocycles. The molecule has 0 aliphatic carbocycles. The van der Waals surface area contributed by atoms with Gasteiger partial charge in [0.05, 0.1) is 11.4 Å². The molecule has 1 amide bonds. The molecule has 0 unspecified atom stereocenters. The Balaban J connectivity index is 1.61. The summed E-state index contributed by atoms with van der Waals surface area (Å²) in [6, 6.07) is 20.6. The molecule has 0 aliphatic heterocycles. The first-order chi connectivity index (χ1) is 12.8. The molecule has 0 spiro atoms. The van der Waals surface area contributed by atoms with Crippen molar-refractivity contribution >= 4 is 23.0 Å². The van der Waals surface area contributed by atoms with Crippen LogP contribution in [0.5, 0.6) is 0 Å². The summed E-state index contributed by atoms with van der Waals surface area (Å²) >= 11 is 1.41. The molecule has 1 aromatic heterocycles. The second kappa shape index (κ2) is 7.89. The zero-order valence-electron chi connectivity index (χ0n) is 15.8. The number of thiophene rings is 1. The van der Waals surface area contributed by atoms with E-state index in [0.717, 1.165) is 4.88 Å². The summed E-state index contributed by atoms with van der Waals surface area (Å²) in [6.45, 7) is 6.85. The molecule has 2 aromatic carbocycles. The topological polar surface area (TPSA) is 46.2 Å². The highest BCUT2D eigenvalue weighted by atomic mass is 32.1. The molecule has 0 bridgehead atoms. The third-order valence-electron chi connectivity index (χ3n) is 4.36. The van der Waals surface area contributed by atoms with Crippen molar-refractivity contribution in [3.05, 3.63) is 93.2 Å². The molecule has 4 heteroatoms. The zero-order chi connectivity index (χ0) is 19.4. The van der Waals surface area contributed by atoms with Crippen molar-refractivity contribution in [1.29, 1.82) is 0 Å². The molecule has 0 fully saturated rings. The van der Waals surface area contributed by atoms with Crippen LogP contribution in [0.25, 0.3) is 0 Å². The second-order valence-electron chi connectivity index (χ2n) is 7.47. The van der Waals surface area contributed by atoms with Gasteiger partial charge in [0.2, 0.25) is 5.78 Å². The lowest BCUT2D eigenvalue weighted by Crippen LogP contribution is -2.22. The van der Waals surface area contributed by atoms with E-state index in [1.165, 1.54) is 16.9 Å². The maximum absolute atomic E-state index is 12.5. The van der Waals surface area contributed by atoms with Gasteiger partial charge in [-0.15, -0.1) is 11.3 Å². The van der Waals surface area contributed by atoms with Crippen LogP contribution >= 0.6 is 11.3 Å². The van der Waals surface area contributed by atoms with Crippen LogP contribution in [0.2, 0.25) is 0 Å². The third-order valence-corrected chi connectivity index (χ3v) is 5.44. The van der Waals surface area contributed by atoms with Crippen LogP contribution in [-0.4, -0.2) is 11.7 Å². The van der Waals surface area contributed by atoms with E-state index >= 15 is 0 Å². The predicted molar refractivity (Wildman–Crippen MR) is 111 cm³/mol. The summed E-state index contributed by atoms with van der Waals surface area (Å²) < 4.78 is 0. The maximum Gasteiger partial charge on any atom is 0.251 e. The van der Waals surface area contributed by atoms with Gasteiger partial charge >= 0.3 is 0 Å². The van der Waals surface area contributed by atoms with Gasteiger partial charge in [-0.2, -0.15) is 0 Å². The number of hydrogen-bond donors (Lipinski definition) is 1. The van der Waals surface area contributed by atoms with Crippen LogP contribution in [0.4, 0.5) is 0 Å². The maximum atomic E-state index is 12.5. The molecule has 1 N–H and O–H groups in total. The number of ketones is 1. The van der Waals surface area contributed by atoms with Crippen molar-refractivity contribution in [1.82, 2.24) is 5.32 Å². The van der Waals surface area contributed by atoms with Crippen molar-refractivity contribution < 1.29 is 9.59 Å². The number of carbonyl (C=O) groups is 2. The van der Waals surface area contributed by atoms with Gasteiger partial charge in [0, 0.05) is 16.0 Å². The molecule has 138 valence electrons. The van der Waals surface area contributed by atoms with Gasteiger partial charge in [-0.05, 0) is 35.2 Å². The lowest BCUT2D eigenvalue weighted by molar-refractivity contribution is 0.0950. The first-order valence-corrected chi connectivity index (χ1v) is 9.73. The van der Waals surface area contributed by atoms with Crippen LogP contribution in [0.1, 0.15) is 56.8 Å². The first kappa shape index (κ1) is 19.1. The highest BCUT2D eigenvalue weighted by molar-refractivity contribution is 7.14. The lowest BCUT2D eigenvalue weighted by Gasteiger charge is -2.19. The van der Waals surface area contributed by atoms with Crippen LogP contribution in [-0.2, 0) is 12.0 Å². The first-order valence-electron chi connectivity index (χ1n) is 8.92. The average molecular weight is 378 g/mol. The van der Waals surface area contributed by atoms with Gasteiger partial charge < -0.3 is 5.32 Å².